The SMILES string of the molecule is CC(C)=CCCC(C)=CCCC(C)=CCN1CCN(CC#Cc2ccccc2)CC1. The highest BCUT2D eigenvalue weighted by Gasteiger charge is 2.14. The lowest BCUT2D eigenvalue weighted by Gasteiger charge is -2.33. The Bertz CT molecular complexity index is 762. The number of allylic oxidation sites excluding steroid dienone is 5. The molecule has 1 aromatic rings. The summed E-state index contributed by atoms with van der Waals surface area (Å²) in [5.41, 5.74) is 5.56. The van der Waals surface area contributed by atoms with Crippen molar-refractivity contribution in [1.82, 2.24) is 9.80 Å². The van der Waals surface area contributed by atoms with Gasteiger partial charge in [0.2, 0.25) is 0 Å². The van der Waals surface area contributed by atoms with Crippen molar-refractivity contribution in [3.05, 3.63) is 70.8 Å². The van der Waals surface area contributed by atoms with E-state index in [-0.39, 0.29) is 0 Å². The van der Waals surface area contributed by atoms with Gasteiger partial charge in [0.1, 0.15) is 0 Å². The Morgan fingerprint density at radius 1 is 0.800 bits per heavy atom. The van der Waals surface area contributed by atoms with Gasteiger partial charge in [-0.1, -0.05) is 65.0 Å². The Labute approximate surface area is 185 Å². The molecule has 30 heavy (non-hydrogen) atoms. The standard InChI is InChI=1S/C28H40N2/c1-25(2)11-8-12-26(3)13-9-14-27(4)18-20-30-23-21-29(22-24-30)19-10-17-28-15-6-5-7-16-28/h5-7,11,13,15-16,18H,8-9,12,14,19-24H2,1-4H3. The number of benzene rings is 1. The Balaban J connectivity index is 1.62. The number of nitrogens with zero attached hydrogens (tertiary/aromatic N) is 2. The van der Waals surface area contributed by atoms with Gasteiger partial charge in [-0.15, -0.1) is 0 Å². The van der Waals surface area contributed by atoms with Crippen LogP contribution in [-0.4, -0.2) is 49.1 Å². The molecule has 0 atom stereocenters. The molecule has 1 heterocycles. The van der Waals surface area contributed by atoms with Crippen LogP contribution in [0.15, 0.2) is 65.3 Å². The van der Waals surface area contributed by atoms with Crippen LogP contribution in [0.3, 0.4) is 0 Å². The summed E-state index contributed by atoms with van der Waals surface area (Å²) < 4.78 is 0. The van der Waals surface area contributed by atoms with E-state index in [0.29, 0.717) is 0 Å². The highest BCUT2D eigenvalue weighted by atomic mass is 15.3. The minimum absolute atomic E-state index is 0.872. The van der Waals surface area contributed by atoms with Crippen molar-refractivity contribution in [2.75, 3.05) is 39.3 Å². The molecule has 162 valence electrons. The predicted molar refractivity (Wildman–Crippen MR) is 132 cm³/mol. The number of hydrogen-bond acceptors (Lipinski definition) is 2. The van der Waals surface area contributed by atoms with Crippen LogP contribution in [0.5, 0.6) is 0 Å². The van der Waals surface area contributed by atoms with Gasteiger partial charge in [-0.05, 0) is 65.5 Å². The number of piperazine rings is 1. The molecule has 1 saturated heterocycles. The summed E-state index contributed by atoms with van der Waals surface area (Å²) in [6.45, 7) is 15.4. The Morgan fingerprint density at radius 2 is 1.40 bits per heavy atom. The lowest BCUT2D eigenvalue weighted by Crippen LogP contribution is -2.46. The number of rotatable bonds is 9. The maximum Gasteiger partial charge on any atom is 0.0606 e. The summed E-state index contributed by atoms with van der Waals surface area (Å²) in [7, 11) is 0. The van der Waals surface area contributed by atoms with Gasteiger partial charge in [-0.3, -0.25) is 9.80 Å². The second kappa shape index (κ2) is 14.0. The second-order valence-corrected chi connectivity index (χ2v) is 8.70. The third-order valence-electron chi connectivity index (χ3n) is 5.59. The zero-order valence-corrected chi connectivity index (χ0v) is 19.6. The fourth-order valence-corrected chi connectivity index (χ4v) is 3.53. The largest absolute Gasteiger partial charge is 0.297 e. The predicted octanol–water partition coefficient (Wildman–Crippen LogP) is 6.07. The number of hydrogen-bond donors (Lipinski definition) is 0. The van der Waals surface area contributed by atoms with E-state index in [9.17, 15) is 0 Å². The van der Waals surface area contributed by atoms with Gasteiger partial charge in [-0.25, -0.2) is 0 Å². The van der Waals surface area contributed by atoms with Crippen molar-refractivity contribution in [2.24, 2.45) is 0 Å². The fourth-order valence-electron chi connectivity index (χ4n) is 3.53. The van der Waals surface area contributed by atoms with Crippen molar-refractivity contribution >= 4 is 0 Å². The molecular weight excluding hydrogens is 364 g/mol. The first kappa shape index (κ1) is 24.2. The van der Waals surface area contributed by atoms with Crippen LogP contribution in [0, 0.1) is 11.8 Å². The van der Waals surface area contributed by atoms with Crippen LogP contribution in [0.2, 0.25) is 0 Å². The van der Waals surface area contributed by atoms with E-state index in [1.165, 1.54) is 36.0 Å². The third-order valence-corrected chi connectivity index (χ3v) is 5.59. The average molecular weight is 405 g/mol. The van der Waals surface area contributed by atoms with E-state index in [1.807, 2.05) is 18.2 Å². The van der Waals surface area contributed by atoms with Crippen LogP contribution in [-0.2, 0) is 0 Å². The van der Waals surface area contributed by atoms with Gasteiger partial charge in [0.25, 0.3) is 0 Å². The highest BCUT2D eigenvalue weighted by Crippen LogP contribution is 2.12. The van der Waals surface area contributed by atoms with Crippen LogP contribution < -0.4 is 0 Å². The first-order valence-electron chi connectivity index (χ1n) is 11.5. The molecule has 1 fully saturated rings. The Hall–Kier alpha value is -2.08. The lowest BCUT2D eigenvalue weighted by atomic mass is 10.1. The molecule has 0 amide bonds. The molecule has 1 aromatic carbocycles. The molecule has 2 rings (SSSR count). The van der Waals surface area contributed by atoms with E-state index in [2.05, 4.69) is 79.7 Å². The van der Waals surface area contributed by atoms with Gasteiger partial charge >= 0.3 is 0 Å². The molecular formula is C28H40N2. The fraction of sp³-hybridized carbons (Fsp3) is 0.500. The van der Waals surface area contributed by atoms with E-state index >= 15 is 0 Å². The molecule has 0 saturated carbocycles. The van der Waals surface area contributed by atoms with Gasteiger partial charge < -0.3 is 0 Å². The van der Waals surface area contributed by atoms with Crippen LogP contribution >= 0.6 is 0 Å². The third kappa shape index (κ3) is 10.6. The van der Waals surface area contributed by atoms with Crippen LogP contribution in [0.4, 0.5) is 0 Å². The Morgan fingerprint density at radius 3 is 2.07 bits per heavy atom. The maximum absolute atomic E-state index is 3.32. The lowest BCUT2D eigenvalue weighted by molar-refractivity contribution is 0.155. The molecule has 0 bridgehead atoms. The Kier molecular flexibility index (Phi) is 11.3. The highest BCUT2D eigenvalue weighted by molar-refractivity contribution is 5.33. The van der Waals surface area contributed by atoms with E-state index < -0.39 is 0 Å². The van der Waals surface area contributed by atoms with E-state index in [4.69, 9.17) is 0 Å². The van der Waals surface area contributed by atoms with Crippen molar-refractivity contribution in [1.29, 1.82) is 0 Å². The monoisotopic (exact) mass is 404 g/mol. The van der Waals surface area contributed by atoms with Gasteiger partial charge in [0.05, 0.1) is 6.54 Å². The van der Waals surface area contributed by atoms with Crippen LogP contribution in [0.25, 0.3) is 0 Å². The van der Waals surface area contributed by atoms with Crippen molar-refractivity contribution < 1.29 is 0 Å². The zero-order valence-electron chi connectivity index (χ0n) is 19.6. The minimum Gasteiger partial charge on any atom is -0.297 e. The zero-order chi connectivity index (χ0) is 21.6. The second-order valence-electron chi connectivity index (χ2n) is 8.70. The van der Waals surface area contributed by atoms with Gasteiger partial charge in [0, 0.05) is 38.3 Å². The molecule has 0 aliphatic carbocycles. The summed E-state index contributed by atoms with van der Waals surface area (Å²) >= 11 is 0. The molecule has 1 aliphatic rings. The molecule has 2 heteroatoms. The quantitative estimate of drug-likeness (QED) is 0.364. The first-order valence-corrected chi connectivity index (χ1v) is 11.5. The van der Waals surface area contributed by atoms with Gasteiger partial charge in [-0.2, -0.15) is 0 Å². The summed E-state index contributed by atoms with van der Waals surface area (Å²) in [5.74, 6) is 6.59. The normalized spacial score (nSPS) is 16.1. The average Bonchev–Trinajstić information content (AvgIpc) is 2.74. The molecule has 0 aromatic heterocycles. The molecule has 0 radical (unpaired) electrons. The van der Waals surface area contributed by atoms with Crippen molar-refractivity contribution in [2.45, 2.75) is 53.4 Å². The topological polar surface area (TPSA) is 6.48 Å². The first-order chi connectivity index (χ1) is 14.5. The van der Waals surface area contributed by atoms with E-state index in [0.717, 1.165) is 51.3 Å². The minimum atomic E-state index is 0.872. The molecule has 1 aliphatic heterocycles. The van der Waals surface area contributed by atoms with Crippen molar-refractivity contribution in [3.8, 4) is 11.8 Å². The summed E-state index contributed by atoms with van der Waals surface area (Å²) in [4.78, 5) is 5.02. The molecule has 2 nitrogen and oxygen atoms in total. The molecule has 0 N–H and O–H groups in total. The molecule has 0 unspecified atom stereocenters. The molecule has 0 spiro atoms. The van der Waals surface area contributed by atoms with Crippen LogP contribution in [0.1, 0.15) is 58.9 Å². The van der Waals surface area contributed by atoms with Gasteiger partial charge in [0.15, 0.2) is 0 Å². The summed E-state index contributed by atoms with van der Waals surface area (Å²) in [6.07, 6.45) is 11.9. The maximum atomic E-state index is 3.32. The summed E-state index contributed by atoms with van der Waals surface area (Å²) in [6, 6.07) is 10.3. The van der Waals surface area contributed by atoms with E-state index in [1.54, 1.807) is 0 Å². The summed E-state index contributed by atoms with van der Waals surface area (Å²) in [5, 5.41) is 0. The van der Waals surface area contributed by atoms with Crippen molar-refractivity contribution in [3.63, 3.8) is 0 Å². The smallest absolute Gasteiger partial charge is 0.0606 e.